The van der Waals surface area contributed by atoms with E-state index in [1.807, 2.05) is 13.0 Å². The molecule has 1 heterocycles. The predicted molar refractivity (Wildman–Crippen MR) is 76.6 cm³/mol. The van der Waals surface area contributed by atoms with Gasteiger partial charge in [-0.1, -0.05) is 6.07 Å². The summed E-state index contributed by atoms with van der Waals surface area (Å²) >= 11 is 0. The fourth-order valence-electron chi connectivity index (χ4n) is 2.92. The second-order valence-electron chi connectivity index (χ2n) is 5.65. The third-order valence-corrected chi connectivity index (χ3v) is 4.19. The highest BCUT2D eigenvalue weighted by Crippen LogP contribution is 2.28. The van der Waals surface area contributed by atoms with Crippen LogP contribution in [0.3, 0.4) is 0 Å². The van der Waals surface area contributed by atoms with Crippen molar-refractivity contribution in [1.82, 2.24) is 9.80 Å². The number of nitrogens with two attached hydrogens (primary N) is 1. The van der Waals surface area contributed by atoms with Crippen molar-refractivity contribution in [3.05, 3.63) is 35.1 Å². The molecule has 1 aliphatic heterocycles. The number of hydrogen-bond donors (Lipinski definition) is 1. The first-order valence-electron chi connectivity index (χ1n) is 6.89. The van der Waals surface area contributed by atoms with Gasteiger partial charge in [0.2, 0.25) is 0 Å². The molecule has 4 heteroatoms. The minimum absolute atomic E-state index is 0.126. The summed E-state index contributed by atoms with van der Waals surface area (Å²) in [5.41, 5.74) is 8.09. The van der Waals surface area contributed by atoms with E-state index >= 15 is 0 Å². The maximum absolute atomic E-state index is 13.5. The van der Waals surface area contributed by atoms with Gasteiger partial charge < -0.3 is 10.6 Å². The molecule has 0 bridgehead atoms. The predicted octanol–water partition coefficient (Wildman–Crippen LogP) is 1.77. The molecule has 2 unspecified atom stereocenters. The molecule has 2 N–H and O–H groups in total. The molecule has 106 valence electrons. The van der Waals surface area contributed by atoms with Crippen LogP contribution < -0.4 is 5.73 Å². The Kier molecular flexibility index (Phi) is 4.55. The number of likely N-dealkylation sites (tertiary alicyclic amines) is 1. The molecule has 0 aromatic heterocycles. The Hall–Kier alpha value is -0.970. The van der Waals surface area contributed by atoms with E-state index in [9.17, 15) is 4.39 Å². The highest BCUT2D eigenvalue weighted by molar-refractivity contribution is 5.30. The number of nitrogens with zero attached hydrogens (tertiary/aromatic N) is 2. The van der Waals surface area contributed by atoms with Crippen LogP contribution in [0, 0.1) is 12.7 Å². The first-order valence-corrected chi connectivity index (χ1v) is 6.89. The Morgan fingerprint density at radius 2 is 2.21 bits per heavy atom. The lowest BCUT2D eigenvalue weighted by Gasteiger charge is -2.29. The topological polar surface area (TPSA) is 32.5 Å². The van der Waals surface area contributed by atoms with Gasteiger partial charge in [0.1, 0.15) is 5.82 Å². The molecule has 1 aromatic carbocycles. The third-order valence-electron chi connectivity index (χ3n) is 4.19. The van der Waals surface area contributed by atoms with Crippen LogP contribution >= 0.6 is 0 Å². The van der Waals surface area contributed by atoms with Gasteiger partial charge in [-0.2, -0.15) is 0 Å². The van der Waals surface area contributed by atoms with Crippen LogP contribution in [0.1, 0.15) is 23.6 Å². The van der Waals surface area contributed by atoms with Gasteiger partial charge in [0.15, 0.2) is 0 Å². The standard InChI is InChI=1S/C15H24FN3/c1-11-4-5-12(16)8-14(11)15(9-17)19-7-6-13(10-19)18(2)3/h4-5,8,13,15H,6-7,9-10,17H2,1-3H3. The zero-order valence-corrected chi connectivity index (χ0v) is 12.1. The van der Waals surface area contributed by atoms with Crippen LogP contribution in [0.4, 0.5) is 4.39 Å². The maximum Gasteiger partial charge on any atom is 0.123 e. The number of aryl methyl sites for hydroxylation is 1. The van der Waals surface area contributed by atoms with Gasteiger partial charge in [0.05, 0.1) is 0 Å². The van der Waals surface area contributed by atoms with Crippen LogP contribution in [0.25, 0.3) is 0 Å². The Labute approximate surface area is 115 Å². The molecule has 0 aliphatic carbocycles. The zero-order chi connectivity index (χ0) is 14.0. The summed E-state index contributed by atoms with van der Waals surface area (Å²) in [7, 11) is 4.22. The molecule has 2 rings (SSSR count). The van der Waals surface area contributed by atoms with Crippen molar-refractivity contribution in [2.24, 2.45) is 5.73 Å². The van der Waals surface area contributed by atoms with Gasteiger partial charge in [0, 0.05) is 31.7 Å². The van der Waals surface area contributed by atoms with Crippen molar-refractivity contribution in [3.8, 4) is 0 Å². The summed E-state index contributed by atoms with van der Waals surface area (Å²) in [5, 5.41) is 0. The average molecular weight is 265 g/mol. The van der Waals surface area contributed by atoms with Crippen LogP contribution in [-0.2, 0) is 0 Å². The summed E-state index contributed by atoms with van der Waals surface area (Å²) in [6.45, 7) is 4.59. The zero-order valence-electron chi connectivity index (χ0n) is 12.1. The van der Waals surface area contributed by atoms with E-state index in [0.717, 1.165) is 30.6 Å². The van der Waals surface area contributed by atoms with Gasteiger partial charge in [-0.25, -0.2) is 4.39 Å². The lowest BCUT2D eigenvalue weighted by Crippen LogP contribution is -2.36. The largest absolute Gasteiger partial charge is 0.329 e. The van der Waals surface area contributed by atoms with Crippen molar-refractivity contribution in [3.63, 3.8) is 0 Å². The molecule has 2 atom stereocenters. The molecule has 0 saturated carbocycles. The first-order chi connectivity index (χ1) is 9.02. The van der Waals surface area contributed by atoms with Crippen LogP contribution in [-0.4, -0.2) is 49.6 Å². The normalized spacial score (nSPS) is 22.1. The number of hydrogen-bond acceptors (Lipinski definition) is 3. The molecule has 0 radical (unpaired) electrons. The number of halogens is 1. The molecular formula is C15H24FN3. The van der Waals surface area contributed by atoms with E-state index in [-0.39, 0.29) is 11.9 Å². The molecule has 0 spiro atoms. The Morgan fingerprint density at radius 3 is 2.79 bits per heavy atom. The molecule has 19 heavy (non-hydrogen) atoms. The molecule has 1 saturated heterocycles. The number of rotatable bonds is 4. The van der Waals surface area contributed by atoms with E-state index in [0.29, 0.717) is 12.6 Å². The molecule has 3 nitrogen and oxygen atoms in total. The summed E-state index contributed by atoms with van der Waals surface area (Å²) in [4.78, 5) is 4.64. The van der Waals surface area contributed by atoms with Gasteiger partial charge in [-0.05, 0) is 50.7 Å². The second-order valence-corrected chi connectivity index (χ2v) is 5.65. The number of likely N-dealkylation sites (N-methyl/N-ethyl adjacent to an activating group) is 1. The monoisotopic (exact) mass is 265 g/mol. The van der Waals surface area contributed by atoms with E-state index in [2.05, 4.69) is 23.9 Å². The van der Waals surface area contributed by atoms with Gasteiger partial charge in [-0.15, -0.1) is 0 Å². The summed E-state index contributed by atoms with van der Waals surface area (Å²) in [5.74, 6) is -0.178. The summed E-state index contributed by atoms with van der Waals surface area (Å²) in [6, 6.07) is 5.69. The highest BCUT2D eigenvalue weighted by Gasteiger charge is 2.30. The van der Waals surface area contributed by atoms with Crippen LogP contribution in [0.5, 0.6) is 0 Å². The van der Waals surface area contributed by atoms with E-state index in [4.69, 9.17) is 5.73 Å². The molecule has 1 aliphatic rings. The Morgan fingerprint density at radius 1 is 1.47 bits per heavy atom. The minimum Gasteiger partial charge on any atom is -0.329 e. The van der Waals surface area contributed by atoms with Crippen molar-refractivity contribution in [2.75, 3.05) is 33.7 Å². The number of benzene rings is 1. The summed E-state index contributed by atoms with van der Waals surface area (Å²) in [6.07, 6.45) is 1.15. The maximum atomic E-state index is 13.5. The first kappa shape index (κ1) is 14.4. The van der Waals surface area contributed by atoms with Gasteiger partial charge >= 0.3 is 0 Å². The quantitative estimate of drug-likeness (QED) is 0.900. The fraction of sp³-hybridized carbons (Fsp3) is 0.600. The van der Waals surface area contributed by atoms with Gasteiger partial charge in [-0.3, -0.25) is 4.90 Å². The van der Waals surface area contributed by atoms with E-state index in [1.165, 1.54) is 6.07 Å². The SMILES string of the molecule is Cc1ccc(F)cc1C(CN)N1CCC(N(C)C)C1. The minimum atomic E-state index is -0.178. The third kappa shape index (κ3) is 3.14. The second kappa shape index (κ2) is 5.99. The molecule has 1 aromatic rings. The van der Waals surface area contributed by atoms with Crippen molar-refractivity contribution in [2.45, 2.75) is 25.4 Å². The molecular weight excluding hydrogens is 241 g/mol. The van der Waals surface area contributed by atoms with Crippen LogP contribution in [0.2, 0.25) is 0 Å². The van der Waals surface area contributed by atoms with E-state index in [1.54, 1.807) is 6.07 Å². The van der Waals surface area contributed by atoms with Crippen molar-refractivity contribution in [1.29, 1.82) is 0 Å². The van der Waals surface area contributed by atoms with E-state index < -0.39 is 0 Å². The fourth-order valence-corrected chi connectivity index (χ4v) is 2.92. The molecule has 0 amide bonds. The smallest absolute Gasteiger partial charge is 0.123 e. The van der Waals surface area contributed by atoms with Crippen molar-refractivity contribution < 1.29 is 4.39 Å². The molecule has 1 fully saturated rings. The Balaban J connectivity index is 2.19. The van der Waals surface area contributed by atoms with Crippen molar-refractivity contribution >= 4 is 0 Å². The highest BCUT2D eigenvalue weighted by atomic mass is 19.1. The van der Waals surface area contributed by atoms with Crippen LogP contribution in [0.15, 0.2) is 18.2 Å². The lowest BCUT2D eigenvalue weighted by atomic mass is 10.00. The van der Waals surface area contributed by atoms with Gasteiger partial charge in [0.25, 0.3) is 0 Å². The average Bonchev–Trinajstić information content (AvgIpc) is 2.84. The summed E-state index contributed by atoms with van der Waals surface area (Å²) < 4.78 is 13.5. The lowest BCUT2D eigenvalue weighted by molar-refractivity contribution is 0.220. The Bertz CT molecular complexity index is 433.